The molecule has 59 valence electrons. The van der Waals surface area contributed by atoms with Gasteiger partial charge in [0, 0.05) is 6.54 Å². The van der Waals surface area contributed by atoms with Crippen LogP contribution in [0.15, 0.2) is 0 Å². The van der Waals surface area contributed by atoms with Gasteiger partial charge in [-0.2, -0.15) is 0 Å². The van der Waals surface area contributed by atoms with Crippen LogP contribution in [0.1, 0.15) is 33.1 Å². The van der Waals surface area contributed by atoms with E-state index in [1.165, 1.54) is 19.3 Å². The van der Waals surface area contributed by atoms with Crippen molar-refractivity contribution in [2.24, 2.45) is 17.8 Å². The van der Waals surface area contributed by atoms with Gasteiger partial charge in [0.2, 0.25) is 0 Å². The Morgan fingerprint density at radius 2 is 1.90 bits per heavy atom. The summed E-state index contributed by atoms with van der Waals surface area (Å²) >= 11 is 0. The Kier molecular flexibility index (Phi) is 2.72. The van der Waals surface area contributed by atoms with Gasteiger partial charge >= 0.3 is 0 Å². The Morgan fingerprint density at radius 1 is 1.30 bits per heavy atom. The predicted molar refractivity (Wildman–Crippen MR) is 43.6 cm³/mol. The lowest BCUT2D eigenvalue weighted by Crippen LogP contribution is -2.13. The summed E-state index contributed by atoms with van der Waals surface area (Å²) in [6.45, 7) is 5.09. The summed E-state index contributed by atoms with van der Waals surface area (Å²) in [5.74, 6) is 2.43. The molecule has 0 aromatic carbocycles. The zero-order chi connectivity index (χ0) is 7.56. The van der Waals surface area contributed by atoms with E-state index < -0.39 is 0 Å². The molecule has 1 saturated carbocycles. The third-order valence-corrected chi connectivity index (χ3v) is 2.70. The second-order valence-electron chi connectivity index (χ2n) is 3.84. The highest BCUT2D eigenvalue weighted by molar-refractivity contribution is 4.77. The van der Waals surface area contributed by atoms with E-state index in [1.54, 1.807) is 0 Å². The molecule has 0 aromatic rings. The first-order valence-corrected chi connectivity index (χ1v) is 4.38. The van der Waals surface area contributed by atoms with Gasteiger partial charge < -0.3 is 0 Å². The van der Waals surface area contributed by atoms with Gasteiger partial charge in [0.05, 0.1) is 0 Å². The largest absolute Gasteiger partial charge is 0.258 e. The van der Waals surface area contributed by atoms with Gasteiger partial charge in [0.25, 0.3) is 0 Å². The number of hydrogen-bond donors (Lipinski definition) is 0. The summed E-state index contributed by atoms with van der Waals surface area (Å²) in [5, 5.41) is 0. The molecule has 1 heteroatoms. The van der Waals surface area contributed by atoms with E-state index in [4.69, 9.17) is 5.73 Å². The van der Waals surface area contributed by atoms with Crippen LogP contribution >= 0.6 is 0 Å². The maximum Gasteiger partial charge on any atom is 0.0128 e. The average molecular weight is 140 g/mol. The van der Waals surface area contributed by atoms with Crippen molar-refractivity contribution in [3.63, 3.8) is 0 Å². The normalized spacial score (nSPS) is 24.3. The van der Waals surface area contributed by atoms with Gasteiger partial charge in [-0.3, -0.25) is 5.73 Å². The number of nitrogens with one attached hydrogen (secondary N) is 1. The van der Waals surface area contributed by atoms with E-state index in [9.17, 15) is 0 Å². The zero-order valence-corrected chi connectivity index (χ0v) is 7.06. The summed E-state index contributed by atoms with van der Waals surface area (Å²) in [4.78, 5) is 0. The summed E-state index contributed by atoms with van der Waals surface area (Å²) in [6, 6.07) is 0. The van der Waals surface area contributed by atoms with Gasteiger partial charge in [-0.05, 0) is 24.2 Å². The molecule has 0 amide bonds. The smallest absolute Gasteiger partial charge is 0.0128 e. The Bertz CT molecular complexity index is 96.9. The highest BCUT2D eigenvalue weighted by Crippen LogP contribution is 2.36. The van der Waals surface area contributed by atoms with E-state index in [0.717, 1.165) is 11.8 Å². The Labute approximate surface area is 64.0 Å². The van der Waals surface area contributed by atoms with Gasteiger partial charge in [0.1, 0.15) is 0 Å². The van der Waals surface area contributed by atoms with Gasteiger partial charge in [-0.15, -0.1) is 0 Å². The molecule has 0 bridgehead atoms. The fraction of sp³-hybridized carbons (Fsp3) is 1.00. The van der Waals surface area contributed by atoms with Crippen molar-refractivity contribution in [3.8, 4) is 0 Å². The van der Waals surface area contributed by atoms with E-state index in [0.29, 0.717) is 12.5 Å². The van der Waals surface area contributed by atoms with Crippen LogP contribution in [-0.4, -0.2) is 6.54 Å². The fourth-order valence-electron chi connectivity index (χ4n) is 1.31. The van der Waals surface area contributed by atoms with Crippen LogP contribution in [0.2, 0.25) is 0 Å². The highest BCUT2D eigenvalue weighted by atomic mass is 14.5. The molecular formula is C9H18N. The van der Waals surface area contributed by atoms with Crippen LogP contribution in [0.4, 0.5) is 0 Å². The molecule has 0 aromatic heterocycles. The van der Waals surface area contributed by atoms with Gasteiger partial charge in [-0.1, -0.05) is 26.7 Å². The van der Waals surface area contributed by atoms with Crippen molar-refractivity contribution >= 4 is 0 Å². The summed E-state index contributed by atoms with van der Waals surface area (Å²) in [5.41, 5.74) is 7.20. The molecule has 0 heterocycles. The molecule has 1 radical (unpaired) electrons. The second-order valence-corrected chi connectivity index (χ2v) is 3.84. The van der Waals surface area contributed by atoms with Crippen molar-refractivity contribution in [2.75, 3.05) is 6.54 Å². The van der Waals surface area contributed by atoms with Crippen LogP contribution in [-0.2, 0) is 0 Å². The number of rotatable bonds is 4. The van der Waals surface area contributed by atoms with E-state index in [-0.39, 0.29) is 0 Å². The number of hydrogen-bond acceptors (Lipinski definition) is 0. The van der Waals surface area contributed by atoms with Crippen molar-refractivity contribution in [1.82, 2.24) is 5.73 Å². The molecular weight excluding hydrogens is 122 g/mol. The summed E-state index contributed by atoms with van der Waals surface area (Å²) in [6.07, 6.45) is 4.28. The van der Waals surface area contributed by atoms with E-state index >= 15 is 0 Å². The molecule has 1 N–H and O–H groups in total. The van der Waals surface area contributed by atoms with Crippen molar-refractivity contribution < 1.29 is 0 Å². The minimum Gasteiger partial charge on any atom is -0.258 e. The molecule has 10 heavy (non-hydrogen) atoms. The highest BCUT2D eigenvalue weighted by Gasteiger charge is 2.25. The Morgan fingerprint density at radius 3 is 2.30 bits per heavy atom. The Balaban J connectivity index is 2.11. The lowest BCUT2D eigenvalue weighted by atomic mass is 9.91. The quantitative estimate of drug-likeness (QED) is 0.572. The SMILES string of the molecule is CC(C[NH])C(C)CC1CC1. The first kappa shape index (κ1) is 8.06. The molecule has 2 atom stereocenters. The van der Waals surface area contributed by atoms with Crippen LogP contribution in [0, 0.1) is 17.8 Å². The van der Waals surface area contributed by atoms with Crippen molar-refractivity contribution in [3.05, 3.63) is 0 Å². The van der Waals surface area contributed by atoms with Gasteiger partial charge in [0.15, 0.2) is 0 Å². The van der Waals surface area contributed by atoms with Crippen molar-refractivity contribution in [2.45, 2.75) is 33.1 Å². The van der Waals surface area contributed by atoms with E-state index in [1.807, 2.05) is 0 Å². The molecule has 1 aliphatic carbocycles. The predicted octanol–water partition coefficient (Wildman–Crippen LogP) is 2.34. The molecule has 1 rings (SSSR count). The van der Waals surface area contributed by atoms with Crippen molar-refractivity contribution in [1.29, 1.82) is 0 Å². The van der Waals surface area contributed by atoms with Crippen LogP contribution in [0.3, 0.4) is 0 Å². The average Bonchev–Trinajstić information content (AvgIpc) is 2.70. The molecule has 1 aliphatic rings. The summed E-state index contributed by atoms with van der Waals surface area (Å²) in [7, 11) is 0. The molecule has 0 aliphatic heterocycles. The fourth-order valence-corrected chi connectivity index (χ4v) is 1.31. The van der Waals surface area contributed by atoms with Crippen LogP contribution in [0.25, 0.3) is 0 Å². The molecule has 0 spiro atoms. The first-order chi connectivity index (χ1) is 4.74. The molecule has 1 fully saturated rings. The minimum absolute atomic E-state index is 0.605. The Hall–Kier alpha value is -0.0400. The monoisotopic (exact) mass is 140 g/mol. The third kappa shape index (κ3) is 2.30. The third-order valence-electron chi connectivity index (χ3n) is 2.70. The van der Waals surface area contributed by atoms with Crippen LogP contribution < -0.4 is 5.73 Å². The second kappa shape index (κ2) is 3.38. The molecule has 0 saturated heterocycles. The first-order valence-electron chi connectivity index (χ1n) is 4.38. The van der Waals surface area contributed by atoms with Crippen LogP contribution in [0.5, 0.6) is 0 Å². The molecule has 1 nitrogen and oxygen atoms in total. The molecule has 2 unspecified atom stereocenters. The standard InChI is InChI=1S/C9H18N/c1-7(8(2)6-10)5-9-3-4-9/h7-10H,3-6H2,1-2H3. The lowest BCUT2D eigenvalue weighted by Gasteiger charge is -2.16. The van der Waals surface area contributed by atoms with Gasteiger partial charge in [-0.25, -0.2) is 0 Å². The maximum absolute atomic E-state index is 7.20. The lowest BCUT2D eigenvalue weighted by molar-refractivity contribution is 0.353. The minimum atomic E-state index is 0.605. The maximum atomic E-state index is 7.20. The van der Waals surface area contributed by atoms with E-state index in [2.05, 4.69) is 13.8 Å². The zero-order valence-electron chi connectivity index (χ0n) is 7.06. The summed E-state index contributed by atoms with van der Waals surface area (Å²) < 4.78 is 0. The topological polar surface area (TPSA) is 23.8 Å².